The standard InChI is InChI=1S/C14H12F3NO2/c1-9-5-6-11(8-18-9)13(19)10-3-2-4-12(7-10)20-14(15,16)17/h2-8,13,19H,1H3. The Kier molecular flexibility index (Phi) is 3.94. The number of aromatic nitrogens is 1. The van der Waals surface area contributed by atoms with Crippen molar-refractivity contribution in [2.24, 2.45) is 0 Å². The van der Waals surface area contributed by atoms with Gasteiger partial charge in [0.25, 0.3) is 0 Å². The van der Waals surface area contributed by atoms with E-state index in [0.29, 0.717) is 11.1 Å². The molecule has 1 heterocycles. The van der Waals surface area contributed by atoms with Crippen molar-refractivity contribution < 1.29 is 23.0 Å². The molecule has 6 heteroatoms. The van der Waals surface area contributed by atoms with Crippen LogP contribution >= 0.6 is 0 Å². The highest BCUT2D eigenvalue weighted by molar-refractivity contribution is 5.34. The van der Waals surface area contributed by atoms with Crippen LogP contribution in [-0.4, -0.2) is 16.5 Å². The average Bonchev–Trinajstić information content (AvgIpc) is 2.37. The van der Waals surface area contributed by atoms with E-state index in [1.165, 1.54) is 24.4 Å². The van der Waals surface area contributed by atoms with Crippen molar-refractivity contribution in [3.8, 4) is 5.75 Å². The zero-order valence-electron chi connectivity index (χ0n) is 10.6. The molecular weight excluding hydrogens is 271 g/mol. The van der Waals surface area contributed by atoms with Crippen LogP contribution in [0.5, 0.6) is 5.75 Å². The van der Waals surface area contributed by atoms with Gasteiger partial charge in [0.2, 0.25) is 0 Å². The summed E-state index contributed by atoms with van der Waals surface area (Å²) in [6.07, 6.45) is -4.33. The van der Waals surface area contributed by atoms with Crippen LogP contribution in [0, 0.1) is 6.92 Å². The van der Waals surface area contributed by atoms with Gasteiger partial charge in [0, 0.05) is 17.5 Å². The Hall–Kier alpha value is -2.08. The second kappa shape index (κ2) is 5.50. The van der Waals surface area contributed by atoms with Gasteiger partial charge in [-0.15, -0.1) is 13.2 Å². The van der Waals surface area contributed by atoms with E-state index in [9.17, 15) is 18.3 Å². The van der Waals surface area contributed by atoms with Crippen molar-refractivity contribution in [2.45, 2.75) is 19.4 Å². The predicted octanol–water partition coefficient (Wildman–Crippen LogP) is 3.37. The number of ether oxygens (including phenoxy) is 1. The van der Waals surface area contributed by atoms with Crippen molar-refractivity contribution in [3.63, 3.8) is 0 Å². The maximum absolute atomic E-state index is 12.1. The van der Waals surface area contributed by atoms with Gasteiger partial charge >= 0.3 is 6.36 Å². The average molecular weight is 283 g/mol. The molecule has 0 fully saturated rings. The number of alkyl halides is 3. The van der Waals surface area contributed by atoms with Crippen molar-refractivity contribution in [3.05, 3.63) is 59.4 Å². The van der Waals surface area contributed by atoms with Crippen LogP contribution in [0.3, 0.4) is 0 Å². The molecule has 20 heavy (non-hydrogen) atoms. The molecule has 3 nitrogen and oxygen atoms in total. The lowest BCUT2D eigenvalue weighted by molar-refractivity contribution is -0.274. The summed E-state index contributed by atoms with van der Waals surface area (Å²) in [6, 6.07) is 8.63. The number of rotatable bonds is 3. The first-order chi connectivity index (χ1) is 9.35. The summed E-state index contributed by atoms with van der Waals surface area (Å²) in [5.41, 5.74) is 1.59. The number of aliphatic hydroxyl groups is 1. The molecule has 2 aromatic rings. The molecule has 0 spiro atoms. The van der Waals surface area contributed by atoms with E-state index in [-0.39, 0.29) is 5.75 Å². The third-order valence-electron chi connectivity index (χ3n) is 2.66. The normalized spacial score (nSPS) is 13.1. The molecule has 1 aromatic heterocycles. The van der Waals surface area contributed by atoms with E-state index in [0.717, 1.165) is 11.8 Å². The number of aliphatic hydroxyl groups excluding tert-OH is 1. The molecule has 0 radical (unpaired) electrons. The van der Waals surface area contributed by atoms with E-state index in [2.05, 4.69) is 9.72 Å². The van der Waals surface area contributed by atoms with E-state index >= 15 is 0 Å². The van der Waals surface area contributed by atoms with Gasteiger partial charge in [0.1, 0.15) is 11.9 Å². The van der Waals surface area contributed by atoms with E-state index in [4.69, 9.17) is 0 Å². The lowest BCUT2D eigenvalue weighted by Crippen LogP contribution is -2.17. The van der Waals surface area contributed by atoms with Crippen LogP contribution in [0.25, 0.3) is 0 Å². The number of hydrogen-bond donors (Lipinski definition) is 1. The Morgan fingerprint density at radius 3 is 2.50 bits per heavy atom. The van der Waals surface area contributed by atoms with E-state index in [1.807, 2.05) is 0 Å². The quantitative estimate of drug-likeness (QED) is 0.939. The highest BCUT2D eigenvalue weighted by Gasteiger charge is 2.31. The van der Waals surface area contributed by atoms with Gasteiger partial charge < -0.3 is 9.84 Å². The van der Waals surface area contributed by atoms with Gasteiger partial charge in [-0.1, -0.05) is 18.2 Å². The number of hydrogen-bond acceptors (Lipinski definition) is 3. The predicted molar refractivity (Wildman–Crippen MR) is 66.2 cm³/mol. The van der Waals surface area contributed by atoms with Crippen LogP contribution in [0.2, 0.25) is 0 Å². The lowest BCUT2D eigenvalue weighted by atomic mass is 10.0. The van der Waals surface area contributed by atoms with E-state index < -0.39 is 12.5 Å². The molecule has 1 atom stereocenters. The second-order valence-corrected chi connectivity index (χ2v) is 4.26. The molecule has 0 amide bonds. The summed E-state index contributed by atoms with van der Waals surface area (Å²) in [5, 5.41) is 10.1. The fourth-order valence-electron chi connectivity index (χ4n) is 1.72. The Balaban J connectivity index is 2.24. The first-order valence-electron chi connectivity index (χ1n) is 5.81. The Labute approximate surface area is 113 Å². The largest absolute Gasteiger partial charge is 0.573 e. The number of aryl methyl sites for hydroxylation is 1. The maximum atomic E-state index is 12.1. The summed E-state index contributed by atoms with van der Waals surface area (Å²) in [5.74, 6) is -0.367. The minimum atomic E-state index is -4.75. The van der Waals surface area contributed by atoms with E-state index in [1.54, 1.807) is 19.1 Å². The van der Waals surface area contributed by atoms with Crippen LogP contribution in [0.4, 0.5) is 13.2 Å². The fourth-order valence-corrected chi connectivity index (χ4v) is 1.72. The van der Waals surface area contributed by atoms with Crippen molar-refractivity contribution in [2.75, 3.05) is 0 Å². The third kappa shape index (κ3) is 3.71. The Morgan fingerprint density at radius 1 is 1.15 bits per heavy atom. The smallest absolute Gasteiger partial charge is 0.406 e. The minimum Gasteiger partial charge on any atom is -0.406 e. The van der Waals surface area contributed by atoms with Crippen LogP contribution in [0.1, 0.15) is 22.9 Å². The number of pyridine rings is 1. The summed E-state index contributed by atoms with van der Waals surface area (Å²) in [7, 11) is 0. The van der Waals surface area contributed by atoms with Crippen LogP contribution < -0.4 is 4.74 Å². The molecule has 0 aliphatic carbocycles. The molecule has 0 aliphatic heterocycles. The molecule has 0 bridgehead atoms. The van der Waals surface area contributed by atoms with Gasteiger partial charge in [0.05, 0.1) is 0 Å². The molecule has 0 saturated heterocycles. The van der Waals surface area contributed by atoms with Gasteiger partial charge in [-0.3, -0.25) is 4.98 Å². The molecule has 1 unspecified atom stereocenters. The van der Waals surface area contributed by atoms with Crippen LogP contribution in [-0.2, 0) is 0 Å². The van der Waals surface area contributed by atoms with Crippen molar-refractivity contribution in [1.82, 2.24) is 4.98 Å². The lowest BCUT2D eigenvalue weighted by Gasteiger charge is -2.14. The molecule has 106 valence electrons. The third-order valence-corrected chi connectivity index (χ3v) is 2.66. The van der Waals surface area contributed by atoms with Gasteiger partial charge in [-0.2, -0.15) is 0 Å². The number of nitrogens with zero attached hydrogens (tertiary/aromatic N) is 1. The number of halogens is 3. The zero-order valence-corrected chi connectivity index (χ0v) is 10.6. The molecule has 1 aromatic carbocycles. The Morgan fingerprint density at radius 2 is 1.90 bits per heavy atom. The summed E-state index contributed by atoms with van der Waals surface area (Å²) in [4.78, 5) is 4.04. The fraction of sp³-hybridized carbons (Fsp3) is 0.214. The second-order valence-electron chi connectivity index (χ2n) is 4.26. The minimum absolute atomic E-state index is 0.303. The Bertz CT molecular complexity index is 582. The first kappa shape index (κ1) is 14.3. The summed E-state index contributed by atoms with van der Waals surface area (Å²) in [6.45, 7) is 1.80. The summed E-state index contributed by atoms with van der Waals surface area (Å²) < 4.78 is 40.3. The first-order valence-corrected chi connectivity index (χ1v) is 5.81. The van der Waals surface area contributed by atoms with Gasteiger partial charge in [-0.05, 0) is 30.7 Å². The number of benzene rings is 1. The molecule has 1 N–H and O–H groups in total. The van der Waals surface area contributed by atoms with Gasteiger partial charge in [-0.25, -0.2) is 0 Å². The zero-order chi connectivity index (χ0) is 14.8. The van der Waals surface area contributed by atoms with Crippen LogP contribution in [0.15, 0.2) is 42.6 Å². The SMILES string of the molecule is Cc1ccc(C(O)c2cccc(OC(F)(F)F)c2)cn1. The topological polar surface area (TPSA) is 42.4 Å². The van der Waals surface area contributed by atoms with Crippen molar-refractivity contribution in [1.29, 1.82) is 0 Å². The monoisotopic (exact) mass is 283 g/mol. The molecule has 0 saturated carbocycles. The van der Waals surface area contributed by atoms with Crippen molar-refractivity contribution >= 4 is 0 Å². The molecular formula is C14H12F3NO2. The molecule has 2 rings (SSSR count). The summed E-state index contributed by atoms with van der Waals surface area (Å²) >= 11 is 0. The molecule has 0 aliphatic rings. The highest BCUT2D eigenvalue weighted by atomic mass is 19.4. The highest BCUT2D eigenvalue weighted by Crippen LogP contribution is 2.28. The maximum Gasteiger partial charge on any atom is 0.573 e. The van der Waals surface area contributed by atoms with Gasteiger partial charge in [0.15, 0.2) is 0 Å².